The minimum Gasteiger partial charge on any atom is -0.497 e. The standard InChI is InChI=1S/C25H19N3O2/c1-29-13-7-8-15-19(11-13)27-20-12-21(30-2)16-9-10-17-22(24(16)23(15)20)14-5-3-4-6-18(14)28-25(17)26/h3-12,27H,1-2H3,(H2,26,28). The molecule has 6 rings (SSSR count). The normalized spacial score (nSPS) is 11.8. The van der Waals surface area contributed by atoms with Crippen LogP contribution in [0.2, 0.25) is 0 Å². The lowest BCUT2D eigenvalue weighted by Crippen LogP contribution is -1.95. The second-order valence-corrected chi connectivity index (χ2v) is 7.46. The Hall–Kier alpha value is -3.99. The monoisotopic (exact) mass is 393 g/mol. The third-order valence-electron chi connectivity index (χ3n) is 5.94. The minimum atomic E-state index is 0.531. The average molecular weight is 393 g/mol. The molecular weight excluding hydrogens is 374 g/mol. The SMILES string of the molecule is COc1ccc2c(c1)[nH]c1cc(OC)c3ccc4c(N)nc5ccccc5c4c3c12. The van der Waals surface area contributed by atoms with E-state index in [9.17, 15) is 0 Å². The van der Waals surface area contributed by atoms with E-state index in [2.05, 4.69) is 34.2 Å². The van der Waals surface area contributed by atoms with Crippen molar-refractivity contribution in [3.05, 3.63) is 60.7 Å². The van der Waals surface area contributed by atoms with Gasteiger partial charge in [-0.2, -0.15) is 0 Å². The summed E-state index contributed by atoms with van der Waals surface area (Å²) in [6, 6.07) is 20.4. The molecule has 0 fully saturated rings. The van der Waals surface area contributed by atoms with Crippen molar-refractivity contribution < 1.29 is 9.47 Å². The average Bonchev–Trinajstić information content (AvgIpc) is 3.15. The lowest BCUT2D eigenvalue weighted by atomic mass is 9.94. The molecule has 146 valence electrons. The third kappa shape index (κ3) is 2.14. The Morgan fingerprint density at radius 2 is 1.53 bits per heavy atom. The number of hydrogen-bond acceptors (Lipinski definition) is 4. The van der Waals surface area contributed by atoms with Crippen LogP contribution in [-0.4, -0.2) is 24.2 Å². The van der Waals surface area contributed by atoms with Crippen molar-refractivity contribution in [1.82, 2.24) is 9.97 Å². The molecule has 0 spiro atoms. The fourth-order valence-electron chi connectivity index (χ4n) is 4.61. The van der Waals surface area contributed by atoms with E-state index in [0.717, 1.165) is 65.8 Å². The fourth-order valence-corrected chi connectivity index (χ4v) is 4.61. The number of nitrogen functional groups attached to an aromatic ring is 1. The van der Waals surface area contributed by atoms with E-state index < -0.39 is 0 Å². The van der Waals surface area contributed by atoms with Gasteiger partial charge in [0, 0.05) is 49.8 Å². The van der Waals surface area contributed by atoms with E-state index >= 15 is 0 Å². The number of nitrogens with two attached hydrogens (primary N) is 1. The Balaban J connectivity index is 1.97. The van der Waals surface area contributed by atoms with Crippen LogP contribution in [0.1, 0.15) is 0 Å². The maximum atomic E-state index is 6.39. The van der Waals surface area contributed by atoms with Gasteiger partial charge in [-0.3, -0.25) is 0 Å². The number of para-hydroxylation sites is 1. The molecule has 0 aliphatic rings. The van der Waals surface area contributed by atoms with E-state index in [4.69, 9.17) is 15.2 Å². The summed E-state index contributed by atoms with van der Waals surface area (Å²) in [6.07, 6.45) is 0. The van der Waals surface area contributed by atoms with Gasteiger partial charge in [0.25, 0.3) is 0 Å². The number of aromatic nitrogens is 2. The zero-order valence-electron chi connectivity index (χ0n) is 16.6. The smallest absolute Gasteiger partial charge is 0.132 e. The van der Waals surface area contributed by atoms with E-state index in [1.165, 1.54) is 0 Å². The van der Waals surface area contributed by atoms with Crippen molar-refractivity contribution in [1.29, 1.82) is 0 Å². The van der Waals surface area contributed by atoms with Crippen LogP contribution < -0.4 is 15.2 Å². The highest BCUT2D eigenvalue weighted by molar-refractivity contribution is 6.33. The first kappa shape index (κ1) is 16.9. The van der Waals surface area contributed by atoms with E-state index in [1.807, 2.05) is 36.4 Å². The number of nitrogens with zero attached hydrogens (tertiary/aromatic N) is 1. The first-order valence-electron chi connectivity index (χ1n) is 9.76. The summed E-state index contributed by atoms with van der Waals surface area (Å²) < 4.78 is 11.2. The molecule has 30 heavy (non-hydrogen) atoms. The Bertz CT molecular complexity index is 1630. The van der Waals surface area contributed by atoms with Crippen LogP contribution in [0.15, 0.2) is 60.7 Å². The number of fused-ring (bicyclic) bond motifs is 9. The number of aromatic amines is 1. The molecule has 5 heteroatoms. The highest BCUT2D eigenvalue weighted by atomic mass is 16.5. The fraction of sp³-hybridized carbons (Fsp3) is 0.0800. The molecular formula is C25H19N3O2. The summed E-state index contributed by atoms with van der Waals surface area (Å²) in [5.74, 6) is 2.16. The highest BCUT2D eigenvalue weighted by Crippen LogP contribution is 2.44. The van der Waals surface area contributed by atoms with Crippen molar-refractivity contribution in [2.75, 3.05) is 20.0 Å². The lowest BCUT2D eigenvalue weighted by Gasteiger charge is -2.13. The number of pyridine rings is 1. The van der Waals surface area contributed by atoms with E-state index in [0.29, 0.717) is 5.82 Å². The Labute approximate surface area is 172 Å². The second-order valence-electron chi connectivity index (χ2n) is 7.46. The number of ether oxygens (including phenoxy) is 2. The number of rotatable bonds is 2. The number of methoxy groups -OCH3 is 2. The zero-order valence-corrected chi connectivity index (χ0v) is 16.6. The van der Waals surface area contributed by atoms with Gasteiger partial charge in [0.1, 0.15) is 17.3 Å². The van der Waals surface area contributed by atoms with Crippen molar-refractivity contribution in [3.8, 4) is 11.5 Å². The molecule has 2 heterocycles. The molecule has 2 aromatic heterocycles. The topological polar surface area (TPSA) is 73.2 Å². The molecule has 0 amide bonds. The molecule has 4 aromatic carbocycles. The Kier molecular flexibility index (Phi) is 3.39. The molecule has 5 nitrogen and oxygen atoms in total. The number of hydrogen-bond donors (Lipinski definition) is 2. The molecule has 3 N–H and O–H groups in total. The number of nitrogens with one attached hydrogen (secondary N) is 1. The summed E-state index contributed by atoms with van der Waals surface area (Å²) in [5.41, 5.74) is 9.29. The van der Waals surface area contributed by atoms with Gasteiger partial charge in [-0.25, -0.2) is 4.98 Å². The van der Waals surface area contributed by atoms with Crippen LogP contribution in [0.5, 0.6) is 11.5 Å². The van der Waals surface area contributed by atoms with Crippen molar-refractivity contribution >= 4 is 60.1 Å². The van der Waals surface area contributed by atoms with Gasteiger partial charge in [0.05, 0.1) is 30.8 Å². The van der Waals surface area contributed by atoms with E-state index in [1.54, 1.807) is 14.2 Å². The van der Waals surface area contributed by atoms with Gasteiger partial charge in [-0.05, 0) is 30.3 Å². The molecule has 0 bridgehead atoms. The largest absolute Gasteiger partial charge is 0.497 e. The minimum absolute atomic E-state index is 0.531. The van der Waals surface area contributed by atoms with Crippen LogP contribution in [0.4, 0.5) is 5.82 Å². The van der Waals surface area contributed by atoms with Crippen LogP contribution in [0.3, 0.4) is 0 Å². The highest BCUT2D eigenvalue weighted by Gasteiger charge is 2.18. The van der Waals surface area contributed by atoms with Crippen molar-refractivity contribution in [3.63, 3.8) is 0 Å². The van der Waals surface area contributed by atoms with Gasteiger partial charge in [0.2, 0.25) is 0 Å². The summed E-state index contributed by atoms with van der Waals surface area (Å²) in [4.78, 5) is 8.17. The maximum absolute atomic E-state index is 6.39. The molecule has 0 saturated carbocycles. The van der Waals surface area contributed by atoms with Crippen LogP contribution in [0.25, 0.3) is 54.3 Å². The van der Waals surface area contributed by atoms with E-state index in [-0.39, 0.29) is 0 Å². The third-order valence-corrected chi connectivity index (χ3v) is 5.94. The summed E-state index contributed by atoms with van der Waals surface area (Å²) in [6.45, 7) is 0. The second kappa shape index (κ2) is 6.00. The molecule has 6 aromatic rings. The number of H-pyrrole nitrogens is 1. The van der Waals surface area contributed by atoms with Crippen LogP contribution in [0, 0.1) is 0 Å². The van der Waals surface area contributed by atoms with Gasteiger partial charge in [-0.1, -0.05) is 18.2 Å². The molecule has 0 unspecified atom stereocenters. The summed E-state index contributed by atoms with van der Waals surface area (Å²) >= 11 is 0. The van der Waals surface area contributed by atoms with Crippen molar-refractivity contribution in [2.45, 2.75) is 0 Å². The van der Waals surface area contributed by atoms with Crippen LogP contribution >= 0.6 is 0 Å². The maximum Gasteiger partial charge on any atom is 0.132 e. The molecule has 0 radical (unpaired) electrons. The molecule has 0 saturated heterocycles. The quantitative estimate of drug-likeness (QED) is 0.366. The predicted molar refractivity (Wildman–Crippen MR) is 124 cm³/mol. The van der Waals surface area contributed by atoms with Crippen molar-refractivity contribution in [2.24, 2.45) is 0 Å². The first-order valence-corrected chi connectivity index (χ1v) is 9.76. The van der Waals surface area contributed by atoms with Gasteiger partial charge in [-0.15, -0.1) is 0 Å². The van der Waals surface area contributed by atoms with Gasteiger partial charge >= 0.3 is 0 Å². The Morgan fingerprint density at radius 3 is 2.37 bits per heavy atom. The number of benzene rings is 4. The van der Waals surface area contributed by atoms with Gasteiger partial charge in [0.15, 0.2) is 0 Å². The lowest BCUT2D eigenvalue weighted by molar-refractivity contribution is 0.415. The molecule has 0 aliphatic heterocycles. The van der Waals surface area contributed by atoms with Crippen LogP contribution in [-0.2, 0) is 0 Å². The first-order chi connectivity index (χ1) is 14.7. The molecule has 0 aliphatic carbocycles. The summed E-state index contributed by atoms with van der Waals surface area (Å²) in [5, 5.41) is 7.54. The van der Waals surface area contributed by atoms with Gasteiger partial charge < -0.3 is 20.2 Å². The number of anilines is 1. The zero-order chi connectivity index (χ0) is 20.4. The predicted octanol–water partition coefficient (Wildman–Crippen LogP) is 5.78. The summed E-state index contributed by atoms with van der Waals surface area (Å²) in [7, 11) is 3.38. The molecule has 0 atom stereocenters. The Morgan fingerprint density at radius 1 is 0.733 bits per heavy atom.